The average molecular weight is 323 g/mol. The highest BCUT2D eigenvalue weighted by atomic mass is 16.7. The zero-order valence-corrected chi connectivity index (χ0v) is 12.2. The van der Waals surface area contributed by atoms with Crippen LogP contribution in [0.25, 0.3) is 0 Å². The Kier molecular flexibility index (Phi) is 6.23. The third kappa shape index (κ3) is 3.91. The van der Waals surface area contributed by atoms with Crippen LogP contribution in [0.3, 0.4) is 0 Å². The predicted octanol–water partition coefficient (Wildman–Crippen LogP) is -3.78. The Balaban J connectivity index is 3.09. The Morgan fingerprint density at radius 2 is 2.05 bits per heavy atom. The molecule has 1 amide bonds. The Hall–Kier alpha value is -1.30. The van der Waals surface area contributed by atoms with Crippen molar-refractivity contribution < 1.29 is 44.6 Å². The van der Waals surface area contributed by atoms with Crippen LogP contribution in [-0.4, -0.2) is 87.4 Å². The molecule has 0 aromatic carbocycles. The fraction of sp³-hybridized carbons (Fsp3) is 0.833. The normalized spacial score (nSPS) is 34.6. The Morgan fingerprint density at radius 3 is 2.50 bits per heavy atom. The van der Waals surface area contributed by atoms with Crippen LogP contribution in [0.5, 0.6) is 0 Å². The van der Waals surface area contributed by atoms with E-state index in [2.05, 4.69) is 10.1 Å². The van der Waals surface area contributed by atoms with Gasteiger partial charge in [0.25, 0.3) is 5.79 Å². The lowest BCUT2D eigenvalue weighted by molar-refractivity contribution is -0.296. The van der Waals surface area contributed by atoms with Gasteiger partial charge in [-0.2, -0.15) is 0 Å². The molecule has 0 aromatic heterocycles. The molecule has 0 aliphatic carbocycles. The number of hydrogen-bond acceptors (Lipinski definition) is 9. The number of carbonyl (C=O) groups excluding carboxylic acids is 2. The summed E-state index contributed by atoms with van der Waals surface area (Å²) in [5, 5.41) is 50.8. The van der Waals surface area contributed by atoms with Crippen molar-refractivity contribution in [3.63, 3.8) is 0 Å². The van der Waals surface area contributed by atoms with Crippen molar-refractivity contribution in [3.05, 3.63) is 0 Å². The summed E-state index contributed by atoms with van der Waals surface area (Å²) in [6.45, 7) is 0.320. The van der Waals surface area contributed by atoms with Crippen LogP contribution >= 0.6 is 0 Å². The first kappa shape index (κ1) is 18.7. The molecule has 1 aliphatic rings. The molecule has 1 aliphatic heterocycles. The largest absolute Gasteiger partial charge is 0.465 e. The number of methoxy groups -OCH3 is 1. The van der Waals surface area contributed by atoms with E-state index in [4.69, 9.17) is 9.84 Å². The molecule has 1 rings (SSSR count). The number of amides is 1. The molecule has 0 radical (unpaired) electrons. The van der Waals surface area contributed by atoms with Gasteiger partial charge in [0.15, 0.2) is 0 Å². The first-order valence-electron chi connectivity index (χ1n) is 6.57. The summed E-state index contributed by atoms with van der Waals surface area (Å²) >= 11 is 0. The third-order valence-corrected chi connectivity index (χ3v) is 3.38. The lowest BCUT2D eigenvalue weighted by atomic mass is 9.88. The summed E-state index contributed by atoms with van der Waals surface area (Å²) in [4.78, 5) is 22.8. The smallest absolute Gasteiger partial charge is 0.366 e. The van der Waals surface area contributed by atoms with Gasteiger partial charge in [0.05, 0.1) is 25.9 Å². The van der Waals surface area contributed by atoms with Crippen molar-refractivity contribution >= 4 is 11.9 Å². The van der Waals surface area contributed by atoms with Gasteiger partial charge in [-0.3, -0.25) is 4.79 Å². The van der Waals surface area contributed by atoms with Gasteiger partial charge in [-0.1, -0.05) is 0 Å². The zero-order chi connectivity index (χ0) is 17.1. The third-order valence-electron chi connectivity index (χ3n) is 3.38. The van der Waals surface area contributed by atoms with E-state index in [1.807, 2.05) is 0 Å². The molecule has 0 bridgehead atoms. The number of aliphatic hydroxyl groups excluding tert-OH is 4. The monoisotopic (exact) mass is 323 g/mol. The Labute approximate surface area is 126 Å². The van der Waals surface area contributed by atoms with E-state index < -0.39 is 61.1 Å². The maximum absolute atomic E-state index is 11.6. The molecular formula is C12H21NO9. The Morgan fingerprint density at radius 1 is 1.45 bits per heavy atom. The minimum absolute atomic E-state index is 0.563. The number of carbonyl (C=O) groups is 2. The van der Waals surface area contributed by atoms with Gasteiger partial charge in [-0.05, 0) is 0 Å². The maximum atomic E-state index is 11.6. The number of esters is 1. The summed E-state index contributed by atoms with van der Waals surface area (Å²) in [6, 6.07) is -1.21. The van der Waals surface area contributed by atoms with Crippen molar-refractivity contribution in [3.8, 4) is 0 Å². The van der Waals surface area contributed by atoms with Crippen molar-refractivity contribution in [2.45, 2.75) is 49.6 Å². The zero-order valence-electron chi connectivity index (χ0n) is 12.2. The van der Waals surface area contributed by atoms with Gasteiger partial charge < -0.3 is 40.3 Å². The minimum Gasteiger partial charge on any atom is -0.465 e. The molecule has 1 saturated heterocycles. The standard InChI is InChI=1S/C12H21NO9/c1-5(15)13-8-6(16)3-12(20,11(19)21-2)22-10(8)9(18)7(17)4-14/h6-10,14,16-18,20H,3-4H2,1-2H3,(H,13,15). The highest BCUT2D eigenvalue weighted by molar-refractivity contribution is 5.78. The molecule has 6 atom stereocenters. The van der Waals surface area contributed by atoms with Crippen molar-refractivity contribution in [1.29, 1.82) is 0 Å². The predicted molar refractivity (Wildman–Crippen MR) is 69.2 cm³/mol. The second-order valence-electron chi connectivity index (χ2n) is 5.10. The molecule has 22 heavy (non-hydrogen) atoms. The quantitative estimate of drug-likeness (QED) is 0.278. The summed E-state index contributed by atoms with van der Waals surface area (Å²) < 4.78 is 9.45. The fourth-order valence-corrected chi connectivity index (χ4v) is 2.29. The number of rotatable bonds is 5. The maximum Gasteiger partial charge on any atom is 0.366 e. The molecule has 6 unspecified atom stereocenters. The van der Waals surface area contributed by atoms with Crippen molar-refractivity contribution in [2.24, 2.45) is 0 Å². The molecule has 10 heteroatoms. The molecule has 0 saturated carbocycles. The lowest BCUT2D eigenvalue weighted by Crippen LogP contribution is -2.67. The topological polar surface area (TPSA) is 166 Å². The van der Waals surface area contributed by atoms with Gasteiger partial charge in [0.2, 0.25) is 5.91 Å². The Bertz CT molecular complexity index is 417. The number of nitrogens with one attached hydrogen (secondary N) is 1. The second kappa shape index (κ2) is 7.31. The lowest BCUT2D eigenvalue weighted by Gasteiger charge is -2.45. The molecule has 1 fully saturated rings. The highest BCUT2D eigenvalue weighted by Gasteiger charge is 2.54. The van der Waals surface area contributed by atoms with Crippen LogP contribution in [0.15, 0.2) is 0 Å². The van der Waals surface area contributed by atoms with E-state index in [1.165, 1.54) is 0 Å². The van der Waals surface area contributed by atoms with Crippen LogP contribution in [-0.2, 0) is 19.1 Å². The van der Waals surface area contributed by atoms with Crippen molar-refractivity contribution in [1.82, 2.24) is 5.32 Å². The van der Waals surface area contributed by atoms with Gasteiger partial charge in [0, 0.05) is 13.3 Å². The van der Waals surface area contributed by atoms with E-state index in [-0.39, 0.29) is 0 Å². The molecule has 1 heterocycles. The minimum atomic E-state index is -2.55. The summed E-state index contributed by atoms with van der Waals surface area (Å²) in [5.41, 5.74) is 0. The van der Waals surface area contributed by atoms with E-state index in [9.17, 15) is 30.0 Å². The van der Waals surface area contributed by atoms with Crippen LogP contribution in [0.1, 0.15) is 13.3 Å². The van der Waals surface area contributed by atoms with Gasteiger partial charge in [0.1, 0.15) is 18.3 Å². The molecule has 0 aromatic rings. The molecule has 10 nitrogen and oxygen atoms in total. The SMILES string of the molecule is COC(=O)C1(O)CC(O)C(NC(C)=O)C(C(O)C(O)CO)O1. The van der Waals surface area contributed by atoms with E-state index in [0.29, 0.717) is 0 Å². The van der Waals surface area contributed by atoms with Crippen LogP contribution < -0.4 is 5.32 Å². The van der Waals surface area contributed by atoms with E-state index in [1.54, 1.807) is 0 Å². The average Bonchev–Trinajstić information content (AvgIpc) is 2.46. The van der Waals surface area contributed by atoms with Gasteiger partial charge >= 0.3 is 5.97 Å². The van der Waals surface area contributed by atoms with Crippen LogP contribution in [0.4, 0.5) is 0 Å². The van der Waals surface area contributed by atoms with Gasteiger partial charge in [-0.15, -0.1) is 0 Å². The second-order valence-corrected chi connectivity index (χ2v) is 5.10. The van der Waals surface area contributed by atoms with Crippen LogP contribution in [0.2, 0.25) is 0 Å². The summed E-state index contributed by atoms with van der Waals surface area (Å²) in [5.74, 6) is -4.32. The molecule has 0 spiro atoms. The van der Waals surface area contributed by atoms with E-state index >= 15 is 0 Å². The first-order chi connectivity index (χ1) is 10.2. The highest BCUT2D eigenvalue weighted by Crippen LogP contribution is 2.31. The fourth-order valence-electron chi connectivity index (χ4n) is 2.29. The molecule has 128 valence electrons. The molecular weight excluding hydrogens is 302 g/mol. The van der Waals surface area contributed by atoms with Crippen molar-refractivity contribution in [2.75, 3.05) is 13.7 Å². The first-order valence-corrected chi connectivity index (χ1v) is 6.57. The summed E-state index contributed by atoms with van der Waals surface area (Å²) in [6.07, 6.45) is -7.09. The van der Waals surface area contributed by atoms with Crippen LogP contribution in [0, 0.1) is 0 Å². The number of ether oxygens (including phenoxy) is 2. The number of aliphatic hydroxyl groups is 5. The molecule has 6 N–H and O–H groups in total. The number of hydrogen-bond donors (Lipinski definition) is 6. The van der Waals surface area contributed by atoms with Gasteiger partial charge in [-0.25, -0.2) is 4.79 Å². The summed E-state index contributed by atoms with van der Waals surface area (Å²) in [7, 11) is 0.990. The van der Waals surface area contributed by atoms with E-state index in [0.717, 1.165) is 14.0 Å².